The van der Waals surface area contributed by atoms with Crippen LogP contribution in [0.3, 0.4) is 0 Å². The summed E-state index contributed by atoms with van der Waals surface area (Å²) in [6.07, 6.45) is 0. The van der Waals surface area contributed by atoms with Gasteiger partial charge in [0.2, 0.25) is 0 Å². The third kappa shape index (κ3) is 5.05. The molecule has 0 fully saturated rings. The van der Waals surface area contributed by atoms with Crippen LogP contribution in [-0.2, 0) is 4.74 Å². The zero-order chi connectivity index (χ0) is 10.7. The first kappa shape index (κ1) is 16.5. The molecule has 0 spiro atoms. The van der Waals surface area contributed by atoms with Crippen molar-refractivity contribution in [2.24, 2.45) is 10.7 Å². The van der Waals surface area contributed by atoms with Crippen LogP contribution in [0.15, 0.2) is 4.99 Å². The van der Waals surface area contributed by atoms with Crippen molar-refractivity contribution in [3.63, 3.8) is 0 Å². The molecular weight excluding hydrogens is 267 g/mol. The standard InChI is InChI=1S/C9H19BrN2O.ClH/c1-6-13-7(11)12-9(4,5)8(2,3)10;/h6H2,1-5H3,(H2,11,12);1H. The second kappa shape index (κ2) is 5.81. The molecule has 0 aromatic heterocycles. The number of ether oxygens (including phenoxy) is 1. The van der Waals surface area contributed by atoms with Crippen LogP contribution in [0, 0.1) is 0 Å². The highest BCUT2D eigenvalue weighted by Crippen LogP contribution is 2.33. The molecule has 14 heavy (non-hydrogen) atoms. The number of nitrogens with zero attached hydrogens (tertiary/aromatic N) is 1. The maximum Gasteiger partial charge on any atom is 0.282 e. The molecule has 0 rings (SSSR count). The Hall–Kier alpha value is 0.0400. The quantitative estimate of drug-likeness (QED) is 0.493. The van der Waals surface area contributed by atoms with Crippen LogP contribution in [0.1, 0.15) is 34.6 Å². The SMILES string of the molecule is CCOC(N)=NC(C)(C)C(C)(C)Br.Cl. The number of amidine groups is 1. The Morgan fingerprint density at radius 2 is 1.79 bits per heavy atom. The fourth-order valence-electron chi connectivity index (χ4n) is 0.589. The lowest BCUT2D eigenvalue weighted by atomic mass is 9.91. The van der Waals surface area contributed by atoms with Crippen LogP contribution in [0.4, 0.5) is 0 Å². The van der Waals surface area contributed by atoms with Gasteiger partial charge in [0.15, 0.2) is 0 Å². The van der Waals surface area contributed by atoms with Crippen molar-refractivity contribution in [1.82, 2.24) is 0 Å². The van der Waals surface area contributed by atoms with E-state index in [0.717, 1.165) is 0 Å². The van der Waals surface area contributed by atoms with E-state index in [2.05, 4.69) is 34.8 Å². The molecule has 0 atom stereocenters. The number of hydrogen-bond acceptors (Lipinski definition) is 2. The summed E-state index contributed by atoms with van der Waals surface area (Å²) in [5.74, 6) is 0. The molecule has 0 aliphatic heterocycles. The fourth-order valence-corrected chi connectivity index (χ4v) is 0.677. The summed E-state index contributed by atoms with van der Waals surface area (Å²) in [5, 5.41) is 0. The second-order valence-electron chi connectivity index (χ2n) is 3.91. The van der Waals surface area contributed by atoms with Gasteiger partial charge >= 0.3 is 0 Å². The zero-order valence-corrected chi connectivity index (χ0v) is 11.8. The van der Waals surface area contributed by atoms with Gasteiger partial charge in [0.05, 0.1) is 12.1 Å². The lowest BCUT2D eigenvalue weighted by Gasteiger charge is -2.33. The lowest BCUT2D eigenvalue weighted by Crippen LogP contribution is -2.40. The molecule has 0 saturated heterocycles. The Bertz CT molecular complexity index is 199. The highest BCUT2D eigenvalue weighted by Gasteiger charge is 2.34. The Labute approximate surface area is 101 Å². The van der Waals surface area contributed by atoms with Crippen LogP contribution in [0.5, 0.6) is 0 Å². The van der Waals surface area contributed by atoms with Gasteiger partial charge in [0, 0.05) is 4.32 Å². The smallest absolute Gasteiger partial charge is 0.282 e. The number of hydrogen-bond donors (Lipinski definition) is 1. The van der Waals surface area contributed by atoms with Gasteiger partial charge in [-0.2, -0.15) is 0 Å². The predicted octanol–water partition coefficient (Wildman–Crippen LogP) is 2.71. The number of alkyl halides is 1. The van der Waals surface area contributed by atoms with E-state index in [0.29, 0.717) is 6.61 Å². The van der Waals surface area contributed by atoms with E-state index in [4.69, 9.17) is 10.5 Å². The van der Waals surface area contributed by atoms with Gasteiger partial charge in [-0.3, -0.25) is 0 Å². The van der Waals surface area contributed by atoms with Gasteiger partial charge in [-0.1, -0.05) is 15.9 Å². The Morgan fingerprint density at radius 1 is 1.36 bits per heavy atom. The zero-order valence-electron chi connectivity index (χ0n) is 9.43. The minimum atomic E-state index is -0.285. The molecule has 0 bridgehead atoms. The van der Waals surface area contributed by atoms with E-state index in [-0.39, 0.29) is 28.3 Å². The van der Waals surface area contributed by atoms with Crippen molar-refractivity contribution in [2.75, 3.05) is 6.61 Å². The van der Waals surface area contributed by atoms with Gasteiger partial charge in [-0.15, -0.1) is 12.4 Å². The fraction of sp³-hybridized carbons (Fsp3) is 0.889. The van der Waals surface area contributed by atoms with Gasteiger partial charge in [-0.25, -0.2) is 4.99 Å². The van der Waals surface area contributed by atoms with Crippen LogP contribution in [-0.4, -0.2) is 22.5 Å². The highest BCUT2D eigenvalue weighted by atomic mass is 79.9. The van der Waals surface area contributed by atoms with Gasteiger partial charge in [0.1, 0.15) is 0 Å². The molecule has 2 N–H and O–H groups in total. The van der Waals surface area contributed by atoms with Crippen molar-refractivity contribution in [1.29, 1.82) is 0 Å². The summed E-state index contributed by atoms with van der Waals surface area (Å²) in [7, 11) is 0. The number of nitrogens with two attached hydrogens (primary N) is 1. The molecule has 3 nitrogen and oxygen atoms in total. The molecule has 0 aliphatic carbocycles. The van der Waals surface area contributed by atoms with E-state index in [9.17, 15) is 0 Å². The average Bonchev–Trinajstić information content (AvgIpc) is 1.83. The molecule has 0 saturated carbocycles. The maximum absolute atomic E-state index is 5.57. The molecule has 0 amide bonds. The summed E-state index contributed by atoms with van der Waals surface area (Å²) in [4.78, 5) is 4.30. The summed E-state index contributed by atoms with van der Waals surface area (Å²) in [6.45, 7) is 10.6. The Kier molecular flexibility index (Phi) is 6.83. The molecule has 0 aromatic carbocycles. The van der Waals surface area contributed by atoms with E-state index < -0.39 is 0 Å². The third-order valence-corrected chi connectivity index (χ3v) is 3.11. The summed E-state index contributed by atoms with van der Waals surface area (Å²) in [6, 6.07) is 0.250. The molecule has 0 radical (unpaired) electrons. The highest BCUT2D eigenvalue weighted by molar-refractivity contribution is 9.10. The Balaban J connectivity index is 0. The number of halogens is 2. The van der Waals surface area contributed by atoms with E-state index in [1.54, 1.807) is 0 Å². The first-order chi connectivity index (χ1) is 5.70. The maximum atomic E-state index is 5.57. The second-order valence-corrected chi connectivity index (χ2v) is 5.90. The van der Waals surface area contributed by atoms with E-state index >= 15 is 0 Å². The van der Waals surface area contributed by atoms with Crippen LogP contribution in [0.2, 0.25) is 0 Å². The van der Waals surface area contributed by atoms with Crippen molar-refractivity contribution in [3.05, 3.63) is 0 Å². The predicted molar refractivity (Wildman–Crippen MR) is 67.6 cm³/mol. The normalized spacial score (nSPS) is 13.4. The van der Waals surface area contributed by atoms with Crippen molar-refractivity contribution in [3.8, 4) is 0 Å². The van der Waals surface area contributed by atoms with Crippen LogP contribution < -0.4 is 5.73 Å². The summed E-state index contributed by atoms with van der Waals surface area (Å²) < 4.78 is 4.97. The first-order valence-electron chi connectivity index (χ1n) is 4.37. The largest absolute Gasteiger partial charge is 0.466 e. The van der Waals surface area contributed by atoms with E-state index in [1.165, 1.54) is 0 Å². The van der Waals surface area contributed by atoms with E-state index in [1.807, 2.05) is 20.8 Å². The average molecular weight is 288 g/mol. The molecule has 0 unspecified atom stereocenters. The monoisotopic (exact) mass is 286 g/mol. The lowest BCUT2D eigenvalue weighted by molar-refractivity contribution is 0.307. The first-order valence-corrected chi connectivity index (χ1v) is 5.17. The van der Waals surface area contributed by atoms with Gasteiger partial charge in [-0.05, 0) is 34.6 Å². The minimum absolute atomic E-state index is 0. The molecule has 86 valence electrons. The molecule has 5 heteroatoms. The number of aliphatic imine (C=N–C) groups is 1. The molecular formula is C9H20BrClN2O. The van der Waals surface area contributed by atoms with Crippen LogP contribution >= 0.6 is 28.3 Å². The van der Waals surface area contributed by atoms with Gasteiger partial charge in [0.25, 0.3) is 6.02 Å². The van der Waals surface area contributed by atoms with Crippen molar-refractivity contribution < 1.29 is 4.74 Å². The van der Waals surface area contributed by atoms with Crippen molar-refractivity contribution in [2.45, 2.75) is 44.5 Å². The molecule has 0 aliphatic rings. The summed E-state index contributed by atoms with van der Waals surface area (Å²) in [5.41, 5.74) is 5.29. The molecule has 0 heterocycles. The van der Waals surface area contributed by atoms with Crippen LogP contribution in [0.25, 0.3) is 0 Å². The van der Waals surface area contributed by atoms with Gasteiger partial charge < -0.3 is 10.5 Å². The topological polar surface area (TPSA) is 47.6 Å². The Morgan fingerprint density at radius 3 is 2.07 bits per heavy atom. The minimum Gasteiger partial charge on any atom is -0.466 e. The summed E-state index contributed by atoms with van der Waals surface area (Å²) >= 11 is 3.56. The number of rotatable bonds is 3. The third-order valence-electron chi connectivity index (χ3n) is 2.14. The van der Waals surface area contributed by atoms with Crippen molar-refractivity contribution >= 4 is 34.4 Å². The molecule has 0 aromatic rings.